The predicted molar refractivity (Wildman–Crippen MR) is 54.1 cm³/mol. The van der Waals surface area contributed by atoms with Crippen LogP contribution in [-0.4, -0.2) is 11.2 Å². The first kappa shape index (κ1) is 10.7. The molecule has 1 aromatic rings. The molecule has 0 spiro atoms. The minimum Gasteiger partial charge on any atom is -0.393 e. The van der Waals surface area contributed by atoms with E-state index in [0.29, 0.717) is 18.4 Å². The van der Waals surface area contributed by atoms with Crippen LogP contribution in [0, 0.1) is 5.82 Å². The number of rotatable bonds is 3. The third-order valence-corrected chi connectivity index (χ3v) is 2.44. The lowest BCUT2D eigenvalue weighted by atomic mass is 10.1. The van der Waals surface area contributed by atoms with Gasteiger partial charge < -0.3 is 5.11 Å². The van der Waals surface area contributed by atoms with Crippen LogP contribution in [0.1, 0.15) is 18.9 Å². The molecule has 1 unspecified atom stereocenters. The lowest BCUT2D eigenvalue weighted by molar-refractivity contribution is 0.169. The summed E-state index contributed by atoms with van der Waals surface area (Å²) in [7, 11) is 0. The third kappa shape index (κ3) is 3.08. The van der Waals surface area contributed by atoms with Crippen molar-refractivity contribution in [3.63, 3.8) is 0 Å². The van der Waals surface area contributed by atoms with Crippen LogP contribution in [0.5, 0.6) is 0 Å². The lowest BCUT2D eigenvalue weighted by Crippen LogP contribution is -2.09. The van der Waals surface area contributed by atoms with E-state index >= 15 is 0 Å². The number of aliphatic hydroxyl groups excluding tert-OH is 1. The van der Waals surface area contributed by atoms with Crippen LogP contribution >= 0.6 is 15.9 Å². The molecule has 1 aromatic carbocycles. The van der Waals surface area contributed by atoms with Gasteiger partial charge in [0.1, 0.15) is 5.82 Å². The molecular weight excluding hydrogens is 235 g/mol. The van der Waals surface area contributed by atoms with Crippen molar-refractivity contribution in [2.45, 2.75) is 25.9 Å². The maximum absolute atomic E-state index is 13.2. The molecule has 0 aliphatic rings. The van der Waals surface area contributed by atoms with Gasteiger partial charge in [0.15, 0.2) is 0 Å². The molecule has 72 valence electrons. The zero-order valence-corrected chi connectivity index (χ0v) is 9.01. The molecular formula is C10H12BrFO. The molecule has 0 fully saturated rings. The Hall–Kier alpha value is -0.410. The van der Waals surface area contributed by atoms with E-state index < -0.39 is 6.10 Å². The van der Waals surface area contributed by atoms with Crippen LogP contribution in [0.4, 0.5) is 4.39 Å². The van der Waals surface area contributed by atoms with E-state index in [2.05, 4.69) is 15.9 Å². The summed E-state index contributed by atoms with van der Waals surface area (Å²) in [6.45, 7) is 1.88. The Kier molecular flexibility index (Phi) is 3.88. The topological polar surface area (TPSA) is 20.2 Å². The average molecular weight is 247 g/mol. The fourth-order valence-electron chi connectivity index (χ4n) is 1.09. The minimum absolute atomic E-state index is 0.262. The summed E-state index contributed by atoms with van der Waals surface area (Å²) in [6, 6.07) is 4.89. The highest BCUT2D eigenvalue weighted by molar-refractivity contribution is 9.10. The smallest absolute Gasteiger partial charge is 0.127 e. The van der Waals surface area contributed by atoms with Crippen LogP contribution in [-0.2, 0) is 6.42 Å². The quantitative estimate of drug-likeness (QED) is 0.870. The van der Waals surface area contributed by atoms with Crippen LogP contribution in [0.15, 0.2) is 22.7 Å². The highest BCUT2D eigenvalue weighted by atomic mass is 79.9. The first-order chi connectivity index (χ1) is 6.13. The van der Waals surface area contributed by atoms with E-state index in [0.717, 1.165) is 4.47 Å². The van der Waals surface area contributed by atoms with Gasteiger partial charge in [-0.15, -0.1) is 0 Å². The Morgan fingerprint density at radius 3 is 2.77 bits per heavy atom. The van der Waals surface area contributed by atoms with E-state index in [1.54, 1.807) is 12.1 Å². The molecule has 0 saturated heterocycles. The highest BCUT2D eigenvalue weighted by Gasteiger charge is 2.07. The van der Waals surface area contributed by atoms with Gasteiger partial charge in [-0.2, -0.15) is 0 Å². The number of halogens is 2. The standard InChI is InChI=1S/C10H12BrFO/c1-2-9(13)5-7-3-4-8(11)6-10(7)12/h3-4,6,9,13H,2,5H2,1H3. The molecule has 1 rings (SSSR count). The fourth-order valence-corrected chi connectivity index (χ4v) is 1.42. The van der Waals surface area contributed by atoms with Crippen LogP contribution in [0.2, 0.25) is 0 Å². The van der Waals surface area contributed by atoms with E-state index in [-0.39, 0.29) is 5.82 Å². The summed E-state index contributed by atoms with van der Waals surface area (Å²) in [6.07, 6.45) is 0.584. The van der Waals surface area contributed by atoms with Crippen molar-refractivity contribution >= 4 is 15.9 Å². The van der Waals surface area contributed by atoms with Gasteiger partial charge in [-0.05, 0) is 24.1 Å². The molecule has 0 heterocycles. The Balaban J connectivity index is 2.77. The van der Waals surface area contributed by atoms with Crippen molar-refractivity contribution in [2.75, 3.05) is 0 Å². The number of benzene rings is 1. The average Bonchev–Trinajstić information content (AvgIpc) is 2.09. The van der Waals surface area contributed by atoms with E-state index in [4.69, 9.17) is 0 Å². The van der Waals surface area contributed by atoms with Gasteiger partial charge in [-0.1, -0.05) is 28.9 Å². The summed E-state index contributed by atoms with van der Waals surface area (Å²) >= 11 is 3.18. The number of hydrogen-bond acceptors (Lipinski definition) is 1. The molecule has 0 saturated carbocycles. The van der Waals surface area contributed by atoms with E-state index in [9.17, 15) is 9.50 Å². The van der Waals surface area contributed by atoms with Gasteiger partial charge in [0.05, 0.1) is 6.10 Å². The Labute approximate surface area is 85.7 Å². The number of aliphatic hydroxyl groups is 1. The second kappa shape index (κ2) is 4.72. The van der Waals surface area contributed by atoms with Gasteiger partial charge in [-0.3, -0.25) is 0 Å². The molecule has 0 bridgehead atoms. The third-order valence-electron chi connectivity index (χ3n) is 1.94. The Morgan fingerprint density at radius 1 is 1.54 bits per heavy atom. The molecule has 1 atom stereocenters. The first-order valence-electron chi connectivity index (χ1n) is 4.25. The second-order valence-electron chi connectivity index (χ2n) is 3.00. The van der Waals surface area contributed by atoms with Gasteiger partial charge in [0.2, 0.25) is 0 Å². The summed E-state index contributed by atoms with van der Waals surface area (Å²) < 4.78 is 13.9. The van der Waals surface area contributed by atoms with Crippen LogP contribution in [0.3, 0.4) is 0 Å². The summed E-state index contributed by atoms with van der Waals surface area (Å²) in [5, 5.41) is 9.33. The van der Waals surface area contributed by atoms with Crippen molar-refractivity contribution in [3.05, 3.63) is 34.1 Å². The van der Waals surface area contributed by atoms with Gasteiger partial charge >= 0.3 is 0 Å². The van der Waals surface area contributed by atoms with Crippen molar-refractivity contribution in [3.8, 4) is 0 Å². The lowest BCUT2D eigenvalue weighted by Gasteiger charge is -2.08. The monoisotopic (exact) mass is 246 g/mol. The largest absolute Gasteiger partial charge is 0.393 e. The van der Waals surface area contributed by atoms with Crippen molar-refractivity contribution in [1.82, 2.24) is 0 Å². The fraction of sp³-hybridized carbons (Fsp3) is 0.400. The highest BCUT2D eigenvalue weighted by Crippen LogP contribution is 2.17. The Bertz CT molecular complexity index is 288. The summed E-state index contributed by atoms with van der Waals surface area (Å²) in [5.41, 5.74) is 0.567. The molecule has 1 N–H and O–H groups in total. The molecule has 0 aromatic heterocycles. The SMILES string of the molecule is CCC(O)Cc1ccc(Br)cc1F. The maximum Gasteiger partial charge on any atom is 0.127 e. The molecule has 13 heavy (non-hydrogen) atoms. The summed E-state index contributed by atoms with van der Waals surface area (Å²) in [4.78, 5) is 0. The molecule has 0 amide bonds. The number of hydrogen-bond donors (Lipinski definition) is 1. The molecule has 1 nitrogen and oxygen atoms in total. The Morgan fingerprint density at radius 2 is 2.23 bits per heavy atom. The zero-order chi connectivity index (χ0) is 9.84. The van der Waals surface area contributed by atoms with Crippen LogP contribution < -0.4 is 0 Å². The molecule has 0 aliphatic heterocycles. The van der Waals surface area contributed by atoms with E-state index in [1.807, 2.05) is 6.92 Å². The summed E-state index contributed by atoms with van der Waals surface area (Å²) in [5.74, 6) is -0.262. The van der Waals surface area contributed by atoms with Gasteiger partial charge in [-0.25, -0.2) is 4.39 Å². The van der Waals surface area contributed by atoms with Crippen LogP contribution in [0.25, 0.3) is 0 Å². The molecule has 3 heteroatoms. The van der Waals surface area contributed by atoms with Crippen molar-refractivity contribution < 1.29 is 9.50 Å². The zero-order valence-electron chi connectivity index (χ0n) is 7.43. The van der Waals surface area contributed by atoms with Crippen molar-refractivity contribution in [1.29, 1.82) is 0 Å². The molecule has 0 radical (unpaired) electrons. The van der Waals surface area contributed by atoms with Gasteiger partial charge in [0.25, 0.3) is 0 Å². The normalized spacial score (nSPS) is 12.9. The second-order valence-corrected chi connectivity index (χ2v) is 3.92. The van der Waals surface area contributed by atoms with E-state index in [1.165, 1.54) is 6.07 Å². The predicted octanol–water partition coefficient (Wildman–Crippen LogP) is 2.90. The maximum atomic E-state index is 13.2. The first-order valence-corrected chi connectivity index (χ1v) is 5.04. The van der Waals surface area contributed by atoms with Gasteiger partial charge in [0, 0.05) is 10.9 Å². The molecule has 0 aliphatic carbocycles. The van der Waals surface area contributed by atoms with Crippen molar-refractivity contribution in [2.24, 2.45) is 0 Å². The minimum atomic E-state index is -0.448.